The highest BCUT2D eigenvalue weighted by Crippen LogP contribution is 2.28. The standard InChI is InChI=1S/C18H17ClN2O2S/c19-15-3-1-13(2-4-15)11-21-18(22)20-9-7-16-5-6-17(24-16)14-8-10-23-12-14/h1-6,8,10,12H,7,9,11H2,(H2,20,21,22). The largest absolute Gasteiger partial charge is 0.472 e. The van der Waals surface area contributed by atoms with E-state index in [1.807, 2.05) is 30.3 Å². The number of amides is 2. The Morgan fingerprint density at radius 2 is 1.92 bits per heavy atom. The molecule has 0 aliphatic carbocycles. The fourth-order valence-corrected chi connectivity index (χ4v) is 3.34. The first-order chi connectivity index (χ1) is 11.7. The highest BCUT2D eigenvalue weighted by molar-refractivity contribution is 7.15. The number of carbonyl (C=O) groups is 1. The summed E-state index contributed by atoms with van der Waals surface area (Å²) < 4.78 is 5.09. The summed E-state index contributed by atoms with van der Waals surface area (Å²) >= 11 is 7.54. The summed E-state index contributed by atoms with van der Waals surface area (Å²) in [6.07, 6.45) is 4.20. The molecule has 0 aliphatic heterocycles. The summed E-state index contributed by atoms with van der Waals surface area (Å²) in [6.45, 7) is 1.07. The molecule has 0 bridgehead atoms. The number of benzene rings is 1. The van der Waals surface area contributed by atoms with Gasteiger partial charge in [-0.3, -0.25) is 0 Å². The van der Waals surface area contributed by atoms with Crippen LogP contribution in [0.2, 0.25) is 5.02 Å². The van der Waals surface area contributed by atoms with Crippen molar-refractivity contribution in [1.82, 2.24) is 10.6 Å². The second-order valence-corrected chi connectivity index (χ2v) is 6.87. The van der Waals surface area contributed by atoms with Crippen molar-refractivity contribution in [2.45, 2.75) is 13.0 Å². The average molecular weight is 361 g/mol. The van der Waals surface area contributed by atoms with Crippen molar-refractivity contribution in [3.05, 3.63) is 70.5 Å². The Bertz CT molecular complexity index is 782. The van der Waals surface area contributed by atoms with Gasteiger partial charge in [-0.2, -0.15) is 0 Å². The number of carbonyl (C=O) groups excluding carboxylic acids is 1. The van der Waals surface area contributed by atoms with Crippen LogP contribution in [0, 0.1) is 0 Å². The van der Waals surface area contributed by atoms with E-state index in [1.165, 1.54) is 9.75 Å². The molecular formula is C18H17ClN2O2S. The summed E-state index contributed by atoms with van der Waals surface area (Å²) in [5, 5.41) is 6.39. The van der Waals surface area contributed by atoms with Crippen LogP contribution in [0.3, 0.4) is 0 Å². The van der Waals surface area contributed by atoms with Gasteiger partial charge in [0.15, 0.2) is 0 Å². The van der Waals surface area contributed by atoms with Crippen LogP contribution >= 0.6 is 22.9 Å². The Balaban J connectivity index is 1.40. The summed E-state index contributed by atoms with van der Waals surface area (Å²) in [5.74, 6) is 0. The van der Waals surface area contributed by atoms with Crippen LogP contribution in [-0.2, 0) is 13.0 Å². The molecule has 3 rings (SSSR count). The Hall–Kier alpha value is -2.24. The lowest BCUT2D eigenvalue weighted by Crippen LogP contribution is -2.36. The lowest BCUT2D eigenvalue weighted by Gasteiger charge is -2.07. The van der Waals surface area contributed by atoms with E-state index in [0.717, 1.165) is 17.5 Å². The first-order valence-electron chi connectivity index (χ1n) is 7.58. The fraction of sp³-hybridized carbons (Fsp3) is 0.167. The Labute approximate surface area is 149 Å². The number of halogens is 1. The molecule has 0 spiro atoms. The highest BCUT2D eigenvalue weighted by Gasteiger charge is 2.05. The van der Waals surface area contributed by atoms with E-state index >= 15 is 0 Å². The summed E-state index contributed by atoms with van der Waals surface area (Å²) in [6, 6.07) is 13.3. The van der Waals surface area contributed by atoms with Gasteiger partial charge in [0.1, 0.15) is 0 Å². The smallest absolute Gasteiger partial charge is 0.315 e. The number of rotatable bonds is 6. The summed E-state index contributed by atoms with van der Waals surface area (Å²) in [5.41, 5.74) is 2.09. The molecule has 6 heteroatoms. The molecular weight excluding hydrogens is 344 g/mol. The van der Waals surface area contributed by atoms with Gasteiger partial charge in [-0.05, 0) is 42.3 Å². The molecule has 4 nitrogen and oxygen atoms in total. The summed E-state index contributed by atoms with van der Waals surface area (Å²) in [7, 11) is 0. The number of urea groups is 1. The van der Waals surface area contributed by atoms with Gasteiger partial charge < -0.3 is 15.1 Å². The van der Waals surface area contributed by atoms with Crippen LogP contribution in [0.15, 0.2) is 59.4 Å². The van der Waals surface area contributed by atoms with Crippen molar-refractivity contribution in [2.24, 2.45) is 0 Å². The van der Waals surface area contributed by atoms with Gasteiger partial charge in [0, 0.05) is 33.4 Å². The van der Waals surface area contributed by atoms with Crippen LogP contribution in [0.1, 0.15) is 10.4 Å². The van der Waals surface area contributed by atoms with Gasteiger partial charge >= 0.3 is 6.03 Å². The maximum absolute atomic E-state index is 11.8. The van der Waals surface area contributed by atoms with Crippen molar-refractivity contribution in [3.8, 4) is 10.4 Å². The van der Waals surface area contributed by atoms with Crippen LogP contribution in [0.5, 0.6) is 0 Å². The predicted molar refractivity (Wildman–Crippen MR) is 97.4 cm³/mol. The molecule has 2 amide bonds. The maximum atomic E-state index is 11.8. The second kappa shape index (κ2) is 8.04. The minimum atomic E-state index is -0.170. The van der Waals surface area contributed by atoms with Crippen molar-refractivity contribution in [1.29, 1.82) is 0 Å². The molecule has 124 valence electrons. The molecule has 0 fully saturated rings. The number of hydrogen-bond donors (Lipinski definition) is 2. The third-order valence-electron chi connectivity index (χ3n) is 3.49. The van der Waals surface area contributed by atoms with Crippen molar-refractivity contribution in [2.75, 3.05) is 6.54 Å². The topological polar surface area (TPSA) is 54.3 Å². The zero-order valence-electron chi connectivity index (χ0n) is 12.9. The highest BCUT2D eigenvalue weighted by atomic mass is 35.5. The Morgan fingerprint density at radius 1 is 1.08 bits per heavy atom. The van der Waals surface area contributed by atoms with E-state index in [0.29, 0.717) is 18.1 Å². The number of hydrogen-bond acceptors (Lipinski definition) is 3. The predicted octanol–water partition coefficient (Wildman–Crippen LogP) is 4.70. The molecule has 2 aromatic heterocycles. The molecule has 3 aromatic rings. The SMILES string of the molecule is O=C(NCCc1ccc(-c2ccoc2)s1)NCc1ccc(Cl)cc1. The molecule has 1 aromatic carbocycles. The lowest BCUT2D eigenvalue weighted by atomic mass is 10.2. The van der Waals surface area contributed by atoms with E-state index < -0.39 is 0 Å². The molecule has 0 saturated heterocycles. The van der Waals surface area contributed by atoms with Gasteiger partial charge in [-0.15, -0.1) is 11.3 Å². The molecule has 0 saturated carbocycles. The van der Waals surface area contributed by atoms with Crippen molar-refractivity contribution < 1.29 is 9.21 Å². The van der Waals surface area contributed by atoms with Gasteiger partial charge in [-0.1, -0.05) is 23.7 Å². The van der Waals surface area contributed by atoms with Gasteiger partial charge in [0.05, 0.1) is 12.5 Å². The van der Waals surface area contributed by atoms with Gasteiger partial charge in [0.25, 0.3) is 0 Å². The average Bonchev–Trinajstić information content (AvgIpc) is 3.25. The first-order valence-corrected chi connectivity index (χ1v) is 8.77. The molecule has 24 heavy (non-hydrogen) atoms. The maximum Gasteiger partial charge on any atom is 0.315 e. The lowest BCUT2D eigenvalue weighted by molar-refractivity contribution is 0.240. The zero-order valence-corrected chi connectivity index (χ0v) is 14.5. The van der Waals surface area contributed by atoms with Gasteiger partial charge in [-0.25, -0.2) is 4.79 Å². The second-order valence-electron chi connectivity index (χ2n) is 5.26. The molecule has 0 unspecified atom stereocenters. The summed E-state index contributed by atoms with van der Waals surface area (Å²) in [4.78, 5) is 14.2. The van der Waals surface area contributed by atoms with E-state index in [2.05, 4.69) is 22.8 Å². The van der Waals surface area contributed by atoms with E-state index in [9.17, 15) is 4.79 Å². The van der Waals surface area contributed by atoms with Crippen LogP contribution < -0.4 is 10.6 Å². The number of nitrogens with one attached hydrogen (secondary N) is 2. The zero-order chi connectivity index (χ0) is 16.8. The Morgan fingerprint density at radius 3 is 2.67 bits per heavy atom. The fourth-order valence-electron chi connectivity index (χ4n) is 2.22. The van der Waals surface area contributed by atoms with Crippen molar-refractivity contribution >= 4 is 29.0 Å². The molecule has 2 N–H and O–H groups in total. The van der Waals surface area contributed by atoms with E-state index in [1.54, 1.807) is 23.9 Å². The molecule has 0 radical (unpaired) electrons. The third kappa shape index (κ3) is 4.63. The van der Waals surface area contributed by atoms with E-state index in [4.69, 9.17) is 16.0 Å². The van der Waals surface area contributed by atoms with Crippen molar-refractivity contribution in [3.63, 3.8) is 0 Å². The minimum Gasteiger partial charge on any atom is -0.472 e. The third-order valence-corrected chi connectivity index (χ3v) is 4.94. The molecule has 2 heterocycles. The van der Waals surface area contributed by atoms with Crippen LogP contribution in [0.25, 0.3) is 10.4 Å². The molecule has 0 aliphatic rings. The van der Waals surface area contributed by atoms with E-state index in [-0.39, 0.29) is 6.03 Å². The van der Waals surface area contributed by atoms with Crippen LogP contribution in [0.4, 0.5) is 4.79 Å². The van der Waals surface area contributed by atoms with Gasteiger partial charge in [0.2, 0.25) is 0 Å². The number of thiophene rings is 1. The number of furan rings is 1. The monoisotopic (exact) mass is 360 g/mol. The Kier molecular flexibility index (Phi) is 5.56. The van der Waals surface area contributed by atoms with Crippen LogP contribution in [-0.4, -0.2) is 12.6 Å². The quantitative estimate of drug-likeness (QED) is 0.669. The minimum absolute atomic E-state index is 0.170. The molecule has 0 atom stereocenters. The first kappa shape index (κ1) is 16.6. The normalized spacial score (nSPS) is 10.5.